The lowest BCUT2D eigenvalue weighted by molar-refractivity contribution is -0.138. The van der Waals surface area contributed by atoms with Gasteiger partial charge in [-0.3, -0.25) is 9.36 Å². The minimum absolute atomic E-state index is 0.0109. The number of hydrogen-bond donors (Lipinski definition) is 3. The molecule has 2 saturated heterocycles. The molecule has 1 saturated carbocycles. The Morgan fingerprint density at radius 3 is 2.55 bits per heavy atom. The summed E-state index contributed by atoms with van der Waals surface area (Å²) < 4.78 is 49.6. The predicted molar refractivity (Wildman–Crippen MR) is 141 cm³/mol. The van der Waals surface area contributed by atoms with Crippen LogP contribution >= 0.6 is 0 Å². The lowest BCUT2D eigenvalue weighted by atomic mass is 9.85. The van der Waals surface area contributed by atoms with Crippen LogP contribution in [0.15, 0.2) is 18.3 Å². The van der Waals surface area contributed by atoms with E-state index in [1.54, 1.807) is 10.8 Å². The number of anilines is 3. The number of hydrogen-bond acceptors (Lipinski definition) is 8. The Kier molecular flexibility index (Phi) is 7.49. The van der Waals surface area contributed by atoms with E-state index in [4.69, 9.17) is 9.72 Å². The van der Waals surface area contributed by atoms with Gasteiger partial charge in [0.05, 0.1) is 31.5 Å². The molecule has 0 radical (unpaired) electrons. The van der Waals surface area contributed by atoms with E-state index in [2.05, 4.69) is 20.6 Å². The number of aliphatic hydroxyl groups is 1. The van der Waals surface area contributed by atoms with Crippen LogP contribution in [-0.2, 0) is 9.53 Å². The van der Waals surface area contributed by atoms with Crippen LogP contribution in [0.5, 0.6) is 0 Å². The van der Waals surface area contributed by atoms with Crippen LogP contribution in [0.2, 0.25) is 0 Å². The molecule has 0 bridgehead atoms. The molecular formula is C27H32F3N7O3. The molecule has 3 fully saturated rings. The van der Waals surface area contributed by atoms with E-state index in [0.717, 1.165) is 38.5 Å². The number of nitrogens with zero attached hydrogens (tertiary/aromatic N) is 5. The van der Waals surface area contributed by atoms with Gasteiger partial charge in [0.25, 0.3) is 0 Å². The van der Waals surface area contributed by atoms with E-state index in [1.807, 2.05) is 4.90 Å². The first kappa shape index (κ1) is 26.8. The number of fused-ring (bicyclic) bond motifs is 1. The van der Waals surface area contributed by atoms with Crippen LogP contribution in [0.3, 0.4) is 0 Å². The fraction of sp³-hybridized carbons (Fsp3) is 0.556. The molecule has 13 heteroatoms. The maximum atomic E-state index is 14.4. The van der Waals surface area contributed by atoms with Gasteiger partial charge in [-0.05, 0) is 44.9 Å². The van der Waals surface area contributed by atoms with Crippen molar-refractivity contribution in [2.45, 2.75) is 63.1 Å². The van der Waals surface area contributed by atoms with E-state index in [-0.39, 0.29) is 42.5 Å². The molecule has 4 heterocycles. The van der Waals surface area contributed by atoms with Gasteiger partial charge in [0, 0.05) is 37.2 Å². The van der Waals surface area contributed by atoms with Crippen LogP contribution in [0.1, 0.15) is 51.0 Å². The van der Waals surface area contributed by atoms with Crippen molar-refractivity contribution in [1.82, 2.24) is 24.4 Å². The lowest BCUT2D eigenvalue weighted by Crippen LogP contribution is -2.43. The molecule has 0 spiro atoms. The quantitative estimate of drug-likeness (QED) is 0.399. The van der Waals surface area contributed by atoms with Crippen LogP contribution in [0, 0.1) is 23.4 Å². The third-order valence-corrected chi connectivity index (χ3v) is 8.23. The molecule has 0 unspecified atom stereocenters. The molecule has 1 amide bonds. The number of halogens is 3. The fourth-order valence-corrected chi connectivity index (χ4v) is 6.11. The van der Waals surface area contributed by atoms with Crippen molar-refractivity contribution in [3.63, 3.8) is 0 Å². The van der Waals surface area contributed by atoms with Crippen molar-refractivity contribution < 1.29 is 27.8 Å². The van der Waals surface area contributed by atoms with Crippen LogP contribution in [0.25, 0.3) is 11.2 Å². The molecule has 1 aliphatic carbocycles. The summed E-state index contributed by atoms with van der Waals surface area (Å²) in [4.78, 5) is 28.5. The summed E-state index contributed by atoms with van der Waals surface area (Å²) in [5, 5.41) is 15.7. The van der Waals surface area contributed by atoms with Gasteiger partial charge in [-0.25, -0.2) is 23.1 Å². The summed E-state index contributed by atoms with van der Waals surface area (Å²) in [6, 6.07) is 1.07. The number of carbonyl (C=O) groups is 1. The molecule has 2 aromatic heterocycles. The zero-order valence-electron chi connectivity index (χ0n) is 22.0. The lowest BCUT2D eigenvalue weighted by Gasteiger charge is -2.32. The normalized spacial score (nSPS) is 25.1. The van der Waals surface area contributed by atoms with E-state index in [0.29, 0.717) is 55.4 Å². The Bertz CT molecular complexity index is 1370. The van der Waals surface area contributed by atoms with Gasteiger partial charge < -0.3 is 25.4 Å². The third-order valence-electron chi connectivity index (χ3n) is 8.23. The van der Waals surface area contributed by atoms with Crippen molar-refractivity contribution in [3.8, 4) is 0 Å². The SMILES string of the molecule is O=C([C@H]1CC[C@H](Nc2ncc3nc(Nc4c(F)cc(F)cc4F)n([C@H]4CCOC4)c3n2)CC1)N1CCC[C@@H]1CO. The van der Waals surface area contributed by atoms with E-state index >= 15 is 0 Å². The summed E-state index contributed by atoms with van der Waals surface area (Å²) in [5.41, 5.74) is 0.404. The molecule has 2 atom stereocenters. The number of amides is 1. The number of likely N-dealkylation sites (tertiary alicyclic amines) is 1. The second-order valence-corrected chi connectivity index (χ2v) is 10.8. The molecule has 1 aromatic carbocycles. The molecule has 214 valence electrons. The van der Waals surface area contributed by atoms with Gasteiger partial charge in [-0.15, -0.1) is 0 Å². The number of benzene rings is 1. The molecule has 40 heavy (non-hydrogen) atoms. The number of aliphatic hydroxyl groups excluding tert-OH is 1. The largest absolute Gasteiger partial charge is 0.394 e. The summed E-state index contributed by atoms with van der Waals surface area (Å²) in [6.07, 6.45) is 7.05. The predicted octanol–water partition coefficient (Wildman–Crippen LogP) is 3.90. The van der Waals surface area contributed by atoms with Crippen LogP contribution in [0.4, 0.5) is 30.8 Å². The Labute approximate surface area is 228 Å². The van der Waals surface area contributed by atoms with Crippen LogP contribution < -0.4 is 10.6 Å². The van der Waals surface area contributed by atoms with Gasteiger partial charge in [0.1, 0.15) is 17.0 Å². The molecule has 10 nitrogen and oxygen atoms in total. The molecule has 3 N–H and O–H groups in total. The third kappa shape index (κ3) is 5.19. The number of imidazole rings is 1. The minimum Gasteiger partial charge on any atom is -0.394 e. The fourth-order valence-electron chi connectivity index (χ4n) is 6.11. The zero-order valence-corrected chi connectivity index (χ0v) is 22.0. The smallest absolute Gasteiger partial charge is 0.226 e. The second-order valence-electron chi connectivity index (χ2n) is 10.8. The Morgan fingerprint density at radius 1 is 1.07 bits per heavy atom. The first-order valence-corrected chi connectivity index (χ1v) is 13.8. The van der Waals surface area contributed by atoms with Crippen molar-refractivity contribution in [2.24, 2.45) is 5.92 Å². The topological polar surface area (TPSA) is 117 Å². The number of rotatable bonds is 7. The second kappa shape index (κ2) is 11.2. The molecule has 2 aliphatic heterocycles. The van der Waals surface area contributed by atoms with Gasteiger partial charge in [0.2, 0.25) is 17.8 Å². The summed E-state index contributed by atoms with van der Waals surface area (Å²) >= 11 is 0. The van der Waals surface area contributed by atoms with E-state index in [1.165, 1.54) is 0 Å². The highest BCUT2D eigenvalue weighted by atomic mass is 19.1. The zero-order chi connectivity index (χ0) is 27.8. The average Bonchev–Trinajstić information content (AvgIpc) is 3.70. The number of ether oxygens (including phenoxy) is 1. The maximum Gasteiger partial charge on any atom is 0.226 e. The monoisotopic (exact) mass is 559 g/mol. The van der Waals surface area contributed by atoms with E-state index < -0.39 is 23.1 Å². The first-order valence-electron chi connectivity index (χ1n) is 13.8. The standard InChI is InChI=1S/C27H32F3N7O3/c28-16-10-20(29)23(21(30)11-16)34-27-33-22-12-31-26(35-24(22)37(27)19-7-9-40-14-19)32-17-5-3-15(4-6-17)25(39)36-8-1-2-18(36)13-38/h10-12,15,17-19,38H,1-9,13-14H2,(H,33,34)(H,31,32,35)/t15-,17-,18-,19+/m1/s1. The van der Waals surface area contributed by atoms with Crippen molar-refractivity contribution in [3.05, 3.63) is 35.8 Å². The van der Waals surface area contributed by atoms with Gasteiger partial charge in [0.15, 0.2) is 17.3 Å². The average molecular weight is 560 g/mol. The van der Waals surface area contributed by atoms with Gasteiger partial charge >= 0.3 is 0 Å². The van der Waals surface area contributed by atoms with Crippen molar-refractivity contribution >= 4 is 34.7 Å². The van der Waals surface area contributed by atoms with Crippen LogP contribution in [-0.4, -0.2) is 73.9 Å². The number of carbonyl (C=O) groups excluding carboxylic acids is 1. The summed E-state index contributed by atoms with van der Waals surface area (Å²) in [5.74, 6) is -2.50. The molecule has 3 aliphatic rings. The minimum atomic E-state index is -1.07. The summed E-state index contributed by atoms with van der Waals surface area (Å²) in [7, 11) is 0. The highest BCUT2D eigenvalue weighted by Gasteiger charge is 2.35. The van der Waals surface area contributed by atoms with Gasteiger partial charge in [-0.1, -0.05) is 0 Å². The number of nitrogens with one attached hydrogen (secondary N) is 2. The molecule has 3 aromatic rings. The Balaban J connectivity index is 1.19. The Morgan fingerprint density at radius 2 is 1.85 bits per heavy atom. The summed E-state index contributed by atoms with van der Waals surface area (Å²) in [6.45, 7) is 1.63. The van der Waals surface area contributed by atoms with Crippen molar-refractivity contribution in [1.29, 1.82) is 0 Å². The molecule has 6 rings (SSSR count). The molecular weight excluding hydrogens is 527 g/mol. The highest BCUT2D eigenvalue weighted by molar-refractivity contribution is 5.80. The number of aromatic nitrogens is 4. The van der Waals surface area contributed by atoms with Gasteiger partial charge in [-0.2, -0.15) is 4.98 Å². The Hall–Kier alpha value is -3.45. The van der Waals surface area contributed by atoms with Crippen molar-refractivity contribution in [2.75, 3.05) is 37.0 Å². The first-order chi connectivity index (χ1) is 19.4. The highest BCUT2D eigenvalue weighted by Crippen LogP contribution is 2.33. The maximum absolute atomic E-state index is 14.4. The van der Waals surface area contributed by atoms with E-state index in [9.17, 15) is 23.1 Å².